The van der Waals surface area contributed by atoms with Crippen LogP contribution in [-0.4, -0.2) is 13.0 Å². The van der Waals surface area contributed by atoms with Gasteiger partial charge in [-0.3, -0.25) is 4.79 Å². The summed E-state index contributed by atoms with van der Waals surface area (Å²) in [6.45, 7) is 0.559. The molecule has 0 radical (unpaired) electrons. The maximum Gasteiger partial charge on any atom is 0.251 e. The maximum atomic E-state index is 11.6. The minimum absolute atomic E-state index is 0.160. The van der Waals surface area contributed by atoms with Crippen LogP contribution in [0.2, 0.25) is 5.02 Å². The van der Waals surface area contributed by atoms with Crippen molar-refractivity contribution < 1.29 is 4.79 Å². The molecule has 0 atom stereocenters. The van der Waals surface area contributed by atoms with Crippen LogP contribution >= 0.6 is 22.9 Å². The van der Waals surface area contributed by atoms with Gasteiger partial charge in [0, 0.05) is 29.4 Å². The summed E-state index contributed by atoms with van der Waals surface area (Å²) < 4.78 is 0. The Morgan fingerprint density at radius 1 is 1.45 bits per heavy atom. The molecule has 0 spiro atoms. The van der Waals surface area contributed by atoms with Crippen molar-refractivity contribution in [1.82, 2.24) is 5.32 Å². The molecule has 2 rings (SSSR count). The van der Waals surface area contributed by atoms with E-state index in [4.69, 9.17) is 16.9 Å². The van der Waals surface area contributed by atoms with Crippen LogP contribution in [0.4, 0.5) is 5.69 Å². The number of halogens is 1. The number of anilines is 1. The predicted molar refractivity (Wildman–Crippen MR) is 81.2 cm³/mol. The Hall–Kier alpha value is -2.03. The van der Waals surface area contributed by atoms with Crippen LogP contribution in [0.1, 0.15) is 20.8 Å². The first-order chi connectivity index (χ1) is 9.63. The Morgan fingerprint density at radius 3 is 2.90 bits per heavy atom. The average molecular weight is 306 g/mol. The van der Waals surface area contributed by atoms with Gasteiger partial charge in [-0.2, -0.15) is 5.26 Å². The molecular weight excluding hydrogens is 294 g/mol. The molecule has 2 N–H and O–H groups in total. The Morgan fingerprint density at radius 2 is 2.25 bits per heavy atom. The van der Waals surface area contributed by atoms with E-state index in [1.807, 2.05) is 6.07 Å². The van der Waals surface area contributed by atoms with Gasteiger partial charge < -0.3 is 10.6 Å². The summed E-state index contributed by atoms with van der Waals surface area (Å²) in [4.78, 5) is 12.6. The Kier molecular flexibility index (Phi) is 4.61. The van der Waals surface area contributed by atoms with E-state index in [1.54, 1.807) is 30.6 Å². The summed E-state index contributed by atoms with van der Waals surface area (Å²) in [6.07, 6.45) is 0. The van der Waals surface area contributed by atoms with Gasteiger partial charge in [-0.05, 0) is 24.3 Å². The number of rotatable bonds is 4. The number of hydrogen-bond donors (Lipinski definition) is 2. The fraction of sp³-hybridized carbons (Fsp3) is 0.143. The van der Waals surface area contributed by atoms with Gasteiger partial charge in [0.15, 0.2) is 0 Å². The molecule has 1 aromatic carbocycles. The van der Waals surface area contributed by atoms with Crippen LogP contribution in [0.5, 0.6) is 0 Å². The predicted octanol–water partition coefficient (Wildman–Crippen LogP) is 3.24. The van der Waals surface area contributed by atoms with Crippen molar-refractivity contribution in [3.63, 3.8) is 0 Å². The van der Waals surface area contributed by atoms with Gasteiger partial charge in [-0.25, -0.2) is 0 Å². The van der Waals surface area contributed by atoms with Gasteiger partial charge in [-0.1, -0.05) is 11.6 Å². The molecule has 0 saturated carbocycles. The molecule has 0 aliphatic rings. The van der Waals surface area contributed by atoms with Crippen molar-refractivity contribution in [2.24, 2.45) is 0 Å². The lowest BCUT2D eigenvalue weighted by Gasteiger charge is -2.09. The van der Waals surface area contributed by atoms with Crippen molar-refractivity contribution >= 4 is 34.5 Å². The molecular formula is C14H12ClN3OS. The van der Waals surface area contributed by atoms with E-state index >= 15 is 0 Å². The molecule has 4 nitrogen and oxygen atoms in total. The van der Waals surface area contributed by atoms with Crippen molar-refractivity contribution in [2.75, 3.05) is 12.4 Å². The molecule has 102 valence electrons. The number of nitrogens with one attached hydrogen (secondary N) is 2. The highest BCUT2D eigenvalue weighted by molar-refractivity contribution is 7.10. The minimum atomic E-state index is -0.160. The Labute approximate surface area is 126 Å². The largest absolute Gasteiger partial charge is 0.379 e. The first-order valence-corrected chi connectivity index (χ1v) is 7.13. The number of carbonyl (C=O) groups excluding carboxylic acids is 1. The fourth-order valence-electron chi connectivity index (χ4n) is 1.66. The molecule has 1 heterocycles. The van der Waals surface area contributed by atoms with Crippen molar-refractivity contribution in [2.45, 2.75) is 6.54 Å². The number of amides is 1. The van der Waals surface area contributed by atoms with Gasteiger partial charge in [0.2, 0.25) is 0 Å². The number of hydrogen-bond acceptors (Lipinski definition) is 4. The highest BCUT2D eigenvalue weighted by atomic mass is 35.5. The smallest absolute Gasteiger partial charge is 0.251 e. The van der Waals surface area contributed by atoms with Crippen molar-refractivity contribution in [3.8, 4) is 6.07 Å². The standard InChI is InChI=1S/C14H12ClN3OS/c1-17-14(19)10-2-3-12(15)13(5-10)18-7-11-4-9(6-16)8-20-11/h2-5,8,18H,7H2,1H3,(H,17,19). The number of nitriles is 1. The summed E-state index contributed by atoms with van der Waals surface area (Å²) in [6, 6.07) is 8.98. The molecule has 20 heavy (non-hydrogen) atoms. The zero-order valence-electron chi connectivity index (χ0n) is 10.7. The van der Waals surface area contributed by atoms with E-state index in [0.717, 1.165) is 4.88 Å². The third kappa shape index (κ3) is 3.29. The lowest BCUT2D eigenvalue weighted by molar-refractivity contribution is 0.0963. The zero-order valence-corrected chi connectivity index (χ0v) is 12.3. The Bertz CT molecular complexity index is 675. The van der Waals surface area contributed by atoms with Gasteiger partial charge in [0.05, 0.1) is 16.3 Å². The van der Waals surface area contributed by atoms with Crippen LogP contribution in [0.15, 0.2) is 29.6 Å². The van der Waals surface area contributed by atoms with Crippen LogP contribution in [0, 0.1) is 11.3 Å². The number of thiophene rings is 1. The van der Waals surface area contributed by atoms with E-state index < -0.39 is 0 Å². The number of carbonyl (C=O) groups is 1. The third-order valence-electron chi connectivity index (χ3n) is 2.69. The SMILES string of the molecule is CNC(=O)c1ccc(Cl)c(NCc2cc(C#N)cs2)c1. The molecule has 0 saturated heterocycles. The summed E-state index contributed by atoms with van der Waals surface area (Å²) >= 11 is 7.61. The minimum Gasteiger partial charge on any atom is -0.379 e. The highest BCUT2D eigenvalue weighted by Crippen LogP contribution is 2.24. The topological polar surface area (TPSA) is 64.9 Å². The maximum absolute atomic E-state index is 11.6. The molecule has 0 aliphatic heterocycles. The molecule has 0 unspecified atom stereocenters. The molecule has 2 aromatic rings. The second-order valence-corrected chi connectivity index (χ2v) is 5.44. The normalized spacial score (nSPS) is 9.85. The van der Waals surface area contributed by atoms with E-state index in [2.05, 4.69) is 16.7 Å². The fourth-order valence-corrected chi connectivity index (χ4v) is 2.59. The second-order valence-electron chi connectivity index (χ2n) is 4.04. The first-order valence-electron chi connectivity index (χ1n) is 5.87. The molecule has 6 heteroatoms. The lowest BCUT2D eigenvalue weighted by Crippen LogP contribution is -2.17. The second kappa shape index (κ2) is 6.42. The number of benzene rings is 1. The van der Waals surface area contributed by atoms with Gasteiger partial charge in [0.1, 0.15) is 6.07 Å². The van der Waals surface area contributed by atoms with Crippen LogP contribution in [0.25, 0.3) is 0 Å². The summed E-state index contributed by atoms with van der Waals surface area (Å²) in [7, 11) is 1.58. The molecule has 1 aromatic heterocycles. The Balaban J connectivity index is 2.12. The van der Waals surface area contributed by atoms with Crippen LogP contribution in [0.3, 0.4) is 0 Å². The number of nitrogens with zero attached hydrogens (tertiary/aromatic N) is 1. The van der Waals surface area contributed by atoms with Gasteiger partial charge in [0.25, 0.3) is 5.91 Å². The quantitative estimate of drug-likeness (QED) is 0.911. The molecule has 0 fully saturated rings. The monoisotopic (exact) mass is 305 g/mol. The van der Waals surface area contributed by atoms with Crippen molar-refractivity contribution in [1.29, 1.82) is 5.26 Å². The summed E-state index contributed by atoms with van der Waals surface area (Å²) in [5, 5.41) is 16.9. The van der Waals surface area contributed by atoms with Crippen LogP contribution < -0.4 is 10.6 Å². The van der Waals surface area contributed by atoms with E-state index in [0.29, 0.717) is 28.4 Å². The highest BCUT2D eigenvalue weighted by Gasteiger charge is 2.08. The van der Waals surface area contributed by atoms with E-state index in [-0.39, 0.29) is 5.91 Å². The summed E-state index contributed by atoms with van der Waals surface area (Å²) in [5.41, 5.74) is 1.89. The molecule has 0 bridgehead atoms. The zero-order chi connectivity index (χ0) is 14.5. The third-order valence-corrected chi connectivity index (χ3v) is 3.96. The van der Waals surface area contributed by atoms with Gasteiger partial charge >= 0.3 is 0 Å². The summed E-state index contributed by atoms with van der Waals surface area (Å²) in [5.74, 6) is -0.160. The molecule has 1 amide bonds. The van der Waals surface area contributed by atoms with E-state index in [1.165, 1.54) is 11.3 Å². The first kappa shape index (κ1) is 14.4. The van der Waals surface area contributed by atoms with Crippen LogP contribution in [-0.2, 0) is 6.54 Å². The lowest BCUT2D eigenvalue weighted by atomic mass is 10.2. The average Bonchev–Trinajstić information content (AvgIpc) is 2.93. The molecule has 0 aliphatic carbocycles. The van der Waals surface area contributed by atoms with Gasteiger partial charge in [-0.15, -0.1) is 11.3 Å². The van der Waals surface area contributed by atoms with E-state index in [9.17, 15) is 4.79 Å². The van der Waals surface area contributed by atoms with Crippen molar-refractivity contribution in [3.05, 3.63) is 50.7 Å².